The summed E-state index contributed by atoms with van der Waals surface area (Å²) in [5.41, 5.74) is 8.03. The lowest BCUT2D eigenvalue weighted by atomic mass is 9.99. The lowest BCUT2D eigenvalue weighted by Crippen LogP contribution is -1.91. The molecule has 122 valence electrons. The lowest BCUT2D eigenvalue weighted by molar-refractivity contribution is 1.000. The Labute approximate surface area is 151 Å². The van der Waals surface area contributed by atoms with Crippen molar-refractivity contribution in [3.05, 3.63) is 93.6 Å². The van der Waals surface area contributed by atoms with Gasteiger partial charge in [0.15, 0.2) is 0 Å². The van der Waals surface area contributed by atoms with Crippen molar-refractivity contribution >= 4 is 0 Å². The second kappa shape index (κ2) is 7.74. The van der Waals surface area contributed by atoms with E-state index in [9.17, 15) is 0 Å². The summed E-state index contributed by atoms with van der Waals surface area (Å²) in [4.78, 5) is 0. The highest BCUT2D eigenvalue weighted by Gasteiger charge is 2.02. The Kier molecular flexibility index (Phi) is 5.23. The molecule has 0 atom stereocenters. The molecule has 2 aromatic rings. The van der Waals surface area contributed by atoms with E-state index in [0.29, 0.717) is 0 Å². The van der Waals surface area contributed by atoms with E-state index >= 15 is 0 Å². The molecular formula is C25H22. The summed E-state index contributed by atoms with van der Waals surface area (Å²) in [6.07, 6.45) is 8.52. The Bertz CT molecular complexity index is 976. The molecule has 0 bridgehead atoms. The number of hydrogen-bond donors (Lipinski definition) is 0. The van der Waals surface area contributed by atoms with Gasteiger partial charge < -0.3 is 0 Å². The van der Waals surface area contributed by atoms with Crippen LogP contribution in [0.1, 0.15) is 46.2 Å². The monoisotopic (exact) mass is 322 g/mol. The molecule has 0 N–H and O–H groups in total. The third-order valence-electron chi connectivity index (χ3n) is 4.42. The summed E-state index contributed by atoms with van der Waals surface area (Å²) >= 11 is 0. The third-order valence-corrected chi connectivity index (χ3v) is 4.42. The Morgan fingerprint density at radius 1 is 0.720 bits per heavy atom. The Morgan fingerprint density at radius 2 is 1.36 bits per heavy atom. The van der Waals surface area contributed by atoms with Crippen molar-refractivity contribution in [2.45, 2.75) is 33.6 Å². The molecule has 0 aliphatic heterocycles. The quantitative estimate of drug-likeness (QED) is 0.551. The van der Waals surface area contributed by atoms with E-state index in [1.54, 1.807) is 0 Å². The highest BCUT2D eigenvalue weighted by Crippen LogP contribution is 2.16. The maximum Gasteiger partial charge on any atom is 0.0281 e. The van der Waals surface area contributed by atoms with Crippen LogP contribution in [0.4, 0.5) is 0 Å². The molecule has 0 saturated carbocycles. The molecule has 2 aromatic carbocycles. The van der Waals surface area contributed by atoms with E-state index in [1.165, 1.54) is 22.3 Å². The van der Waals surface area contributed by atoms with Crippen molar-refractivity contribution < 1.29 is 0 Å². The minimum absolute atomic E-state index is 1.04. The molecule has 0 radical (unpaired) electrons. The minimum atomic E-state index is 1.04. The fourth-order valence-corrected chi connectivity index (χ4v) is 2.79. The van der Waals surface area contributed by atoms with E-state index in [-0.39, 0.29) is 0 Å². The van der Waals surface area contributed by atoms with Crippen LogP contribution in [-0.2, 0) is 0 Å². The molecule has 1 aliphatic rings. The number of allylic oxidation sites excluding steroid dienone is 4. The van der Waals surface area contributed by atoms with Gasteiger partial charge in [-0.2, -0.15) is 0 Å². The second-order valence-electron chi connectivity index (χ2n) is 6.46. The summed E-state index contributed by atoms with van der Waals surface area (Å²) in [5, 5.41) is 0. The molecule has 0 fully saturated rings. The Hall–Kier alpha value is -2.96. The highest BCUT2D eigenvalue weighted by atomic mass is 14.1. The molecule has 0 spiro atoms. The first-order valence-corrected chi connectivity index (χ1v) is 8.70. The predicted molar refractivity (Wildman–Crippen MR) is 106 cm³/mol. The van der Waals surface area contributed by atoms with Crippen molar-refractivity contribution in [1.82, 2.24) is 0 Å². The average molecular weight is 322 g/mol. The molecule has 0 saturated heterocycles. The van der Waals surface area contributed by atoms with Gasteiger partial charge in [-0.15, -0.1) is 0 Å². The van der Waals surface area contributed by atoms with Gasteiger partial charge in [0.1, 0.15) is 0 Å². The van der Waals surface area contributed by atoms with Gasteiger partial charge in [0.2, 0.25) is 0 Å². The summed E-state index contributed by atoms with van der Waals surface area (Å²) in [7, 11) is 0. The normalized spacial score (nSPS) is 12.5. The van der Waals surface area contributed by atoms with Crippen LogP contribution in [0.5, 0.6) is 0 Å². The van der Waals surface area contributed by atoms with Crippen LogP contribution < -0.4 is 0 Å². The van der Waals surface area contributed by atoms with Crippen LogP contribution >= 0.6 is 0 Å². The summed E-state index contributed by atoms with van der Waals surface area (Å²) in [6, 6.07) is 12.5. The third kappa shape index (κ3) is 4.32. The number of benzene rings is 2. The molecule has 25 heavy (non-hydrogen) atoms. The number of aryl methyl sites for hydroxylation is 3. The van der Waals surface area contributed by atoms with Gasteiger partial charge in [-0.3, -0.25) is 0 Å². The van der Waals surface area contributed by atoms with Gasteiger partial charge in [0.25, 0.3) is 0 Å². The molecule has 3 rings (SSSR count). The van der Waals surface area contributed by atoms with Crippen LogP contribution in [0, 0.1) is 44.5 Å². The minimum Gasteiger partial charge on any atom is -0.0842 e. The second-order valence-corrected chi connectivity index (χ2v) is 6.46. The smallest absolute Gasteiger partial charge is 0.0281 e. The van der Waals surface area contributed by atoms with Gasteiger partial charge in [0.05, 0.1) is 0 Å². The molecule has 0 amide bonds. The van der Waals surface area contributed by atoms with Crippen LogP contribution in [0.3, 0.4) is 0 Å². The first-order valence-electron chi connectivity index (χ1n) is 8.70. The van der Waals surface area contributed by atoms with Gasteiger partial charge in [-0.05, 0) is 68.5 Å². The van der Waals surface area contributed by atoms with Crippen molar-refractivity contribution in [2.24, 2.45) is 0 Å². The van der Waals surface area contributed by atoms with Crippen molar-refractivity contribution in [2.75, 3.05) is 0 Å². The maximum atomic E-state index is 3.33. The van der Waals surface area contributed by atoms with Gasteiger partial charge >= 0.3 is 0 Å². The first-order chi connectivity index (χ1) is 12.1. The topological polar surface area (TPSA) is 0 Å². The van der Waals surface area contributed by atoms with Crippen LogP contribution in [0.2, 0.25) is 0 Å². The zero-order valence-corrected chi connectivity index (χ0v) is 15.1. The van der Waals surface area contributed by atoms with E-state index in [4.69, 9.17) is 0 Å². The lowest BCUT2D eigenvalue weighted by Gasteiger charge is -2.05. The predicted octanol–water partition coefficient (Wildman–Crippen LogP) is 5.64. The first kappa shape index (κ1) is 16.9. The molecule has 1 aliphatic carbocycles. The van der Waals surface area contributed by atoms with Gasteiger partial charge in [-0.1, -0.05) is 60.1 Å². The largest absolute Gasteiger partial charge is 0.0842 e. The molecule has 0 unspecified atom stereocenters. The fourth-order valence-electron chi connectivity index (χ4n) is 2.79. The molecule has 0 heterocycles. The molecular weight excluding hydrogens is 300 g/mol. The van der Waals surface area contributed by atoms with E-state index in [2.05, 4.69) is 86.9 Å². The van der Waals surface area contributed by atoms with Crippen LogP contribution in [-0.4, -0.2) is 0 Å². The Morgan fingerprint density at radius 3 is 2.00 bits per heavy atom. The van der Waals surface area contributed by atoms with Crippen molar-refractivity contribution in [1.29, 1.82) is 0 Å². The maximum absolute atomic E-state index is 3.33. The standard InChI is InChI=1S/C25H22/c1-19-9-7-8-12-23(19)15-16-25-18-20(2)24(17-21(25)3)14-13-22-10-5-4-6-11-22/h4-5,7-10,12,17-18H,6,11H2,1-3H3. The molecule has 0 heteroatoms. The Balaban J connectivity index is 1.89. The average Bonchev–Trinajstić information content (AvgIpc) is 2.63. The number of rotatable bonds is 0. The van der Waals surface area contributed by atoms with Crippen molar-refractivity contribution in [3.63, 3.8) is 0 Å². The van der Waals surface area contributed by atoms with Gasteiger partial charge in [-0.25, -0.2) is 0 Å². The molecule has 0 nitrogen and oxygen atoms in total. The van der Waals surface area contributed by atoms with Crippen LogP contribution in [0.15, 0.2) is 60.2 Å². The zero-order valence-electron chi connectivity index (χ0n) is 15.1. The van der Waals surface area contributed by atoms with E-state index in [0.717, 1.165) is 29.5 Å². The SMILES string of the molecule is Cc1ccccc1C#Cc1cc(C)c(C#CC2=CC=CCC2)cc1C. The summed E-state index contributed by atoms with van der Waals surface area (Å²) < 4.78 is 0. The molecule has 0 aromatic heterocycles. The van der Waals surface area contributed by atoms with Crippen LogP contribution in [0.25, 0.3) is 0 Å². The van der Waals surface area contributed by atoms with E-state index in [1.807, 2.05) is 12.1 Å². The number of hydrogen-bond acceptors (Lipinski definition) is 0. The van der Waals surface area contributed by atoms with E-state index < -0.39 is 0 Å². The summed E-state index contributed by atoms with van der Waals surface area (Å²) in [5.74, 6) is 13.3. The van der Waals surface area contributed by atoms with Crippen molar-refractivity contribution in [3.8, 4) is 23.7 Å². The summed E-state index contributed by atoms with van der Waals surface area (Å²) in [6.45, 7) is 6.31. The fraction of sp³-hybridized carbons (Fsp3) is 0.200. The highest BCUT2D eigenvalue weighted by molar-refractivity contribution is 5.55. The zero-order chi connectivity index (χ0) is 17.6. The van der Waals surface area contributed by atoms with Gasteiger partial charge in [0, 0.05) is 22.3 Å².